The molecule has 3 aromatic rings. The number of benzene rings is 1. The molecule has 0 spiro atoms. The van der Waals surface area contributed by atoms with E-state index in [0.29, 0.717) is 35.7 Å². The highest BCUT2D eigenvalue weighted by Crippen LogP contribution is 2.50. The van der Waals surface area contributed by atoms with Crippen molar-refractivity contribution in [2.75, 3.05) is 0 Å². The minimum Gasteiger partial charge on any atom is -0.464 e. The van der Waals surface area contributed by atoms with Gasteiger partial charge in [0.25, 0.3) is 5.91 Å². The molecule has 3 atom stereocenters. The molecule has 1 saturated carbocycles. The quantitative estimate of drug-likeness (QED) is 0.551. The Morgan fingerprint density at radius 2 is 2.21 bits per heavy atom. The maximum atomic E-state index is 12.7. The van der Waals surface area contributed by atoms with Crippen molar-refractivity contribution in [1.82, 2.24) is 10.3 Å². The van der Waals surface area contributed by atoms with Crippen molar-refractivity contribution >= 4 is 38.9 Å². The maximum absolute atomic E-state index is 12.7. The number of ether oxygens (including phenoxy) is 1. The zero-order chi connectivity index (χ0) is 19.7. The van der Waals surface area contributed by atoms with Crippen LogP contribution in [0.3, 0.4) is 0 Å². The van der Waals surface area contributed by atoms with Crippen LogP contribution in [0, 0.1) is 5.92 Å². The van der Waals surface area contributed by atoms with Crippen molar-refractivity contribution in [3.63, 3.8) is 0 Å². The third-order valence-corrected chi connectivity index (χ3v) is 6.36. The average molecular weight is 415 g/mol. The summed E-state index contributed by atoms with van der Waals surface area (Å²) >= 11 is 7.84. The van der Waals surface area contributed by atoms with Crippen molar-refractivity contribution in [2.45, 2.75) is 45.3 Å². The minimum atomic E-state index is -0.577. The number of amides is 1. The summed E-state index contributed by atoms with van der Waals surface area (Å²) in [5.74, 6) is 1.42. The molecule has 1 aliphatic rings. The van der Waals surface area contributed by atoms with Crippen molar-refractivity contribution in [2.24, 2.45) is 5.92 Å². The van der Waals surface area contributed by atoms with Crippen LogP contribution in [0.15, 0.2) is 41.9 Å². The van der Waals surface area contributed by atoms with E-state index in [0.717, 1.165) is 17.5 Å². The first-order chi connectivity index (χ1) is 13.5. The molecule has 4 nitrogen and oxygen atoms in total. The van der Waals surface area contributed by atoms with Crippen LogP contribution < -0.4 is 10.1 Å². The molecule has 0 aliphatic heterocycles. The zero-order valence-corrected chi connectivity index (χ0v) is 17.5. The normalized spacial score (nSPS) is 19.4. The van der Waals surface area contributed by atoms with Crippen LogP contribution in [0.1, 0.15) is 43.7 Å². The SMILES string of the molecule is CCC(Oc1ncc(Cl)cc1C1CC1C)C(=O)NCc1ccc2sccc2c1. The van der Waals surface area contributed by atoms with Crippen molar-refractivity contribution in [3.05, 3.63) is 58.1 Å². The van der Waals surface area contributed by atoms with E-state index in [4.69, 9.17) is 16.3 Å². The maximum Gasteiger partial charge on any atom is 0.261 e. The number of hydrogen-bond acceptors (Lipinski definition) is 4. The van der Waals surface area contributed by atoms with Gasteiger partial charge in [0.15, 0.2) is 6.10 Å². The van der Waals surface area contributed by atoms with Gasteiger partial charge in [-0.1, -0.05) is 31.5 Å². The van der Waals surface area contributed by atoms with Gasteiger partial charge in [0.2, 0.25) is 5.88 Å². The van der Waals surface area contributed by atoms with Gasteiger partial charge < -0.3 is 10.1 Å². The highest BCUT2D eigenvalue weighted by atomic mass is 35.5. The molecule has 3 unspecified atom stereocenters. The molecule has 4 rings (SSSR count). The van der Waals surface area contributed by atoms with Gasteiger partial charge in [0.1, 0.15) is 0 Å². The summed E-state index contributed by atoms with van der Waals surface area (Å²) in [6, 6.07) is 10.3. The number of halogens is 1. The summed E-state index contributed by atoms with van der Waals surface area (Å²) in [5.41, 5.74) is 2.08. The van der Waals surface area contributed by atoms with Gasteiger partial charge in [-0.05, 0) is 65.3 Å². The predicted octanol–water partition coefficient (Wildman–Crippen LogP) is 5.55. The lowest BCUT2D eigenvalue weighted by Gasteiger charge is -2.19. The lowest BCUT2D eigenvalue weighted by atomic mass is 10.1. The zero-order valence-electron chi connectivity index (χ0n) is 15.9. The molecular weight excluding hydrogens is 392 g/mol. The number of rotatable bonds is 7. The van der Waals surface area contributed by atoms with E-state index in [1.54, 1.807) is 17.5 Å². The van der Waals surface area contributed by atoms with E-state index >= 15 is 0 Å². The smallest absolute Gasteiger partial charge is 0.261 e. The van der Waals surface area contributed by atoms with E-state index in [9.17, 15) is 4.79 Å². The fraction of sp³-hybridized carbons (Fsp3) is 0.364. The summed E-state index contributed by atoms with van der Waals surface area (Å²) in [5, 5.41) is 6.87. The van der Waals surface area contributed by atoms with E-state index in [-0.39, 0.29) is 5.91 Å². The fourth-order valence-corrected chi connectivity index (χ4v) is 4.39. The first kappa shape index (κ1) is 19.2. The van der Waals surface area contributed by atoms with Crippen LogP contribution >= 0.6 is 22.9 Å². The number of carbonyl (C=O) groups excluding carboxylic acids is 1. The number of nitrogens with zero attached hydrogens (tertiary/aromatic N) is 1. The number of nitrogens with one attached hydrogen (secondary N) is 1. The Morgan fingerprint density at radius 1 is 1.39 bits per heavy atom. The molecule has 0 saturated heterocycles. The number of carbonyl (C=O) groups is 1. The second-order valence-electron chi connectivity index (χ2n) is 7.39. The topological polar surface area (TPSA) is 51.2 Å². The molecule has 0 bridgehead atoms. The highest BCUT2D eigenvalue weighted by molar-refractivity contribution is 7.17. The monoisotopic (exact) mass is 414 g/mol. The summed E-state index contributed by atoms with van der Waals surface area (Å²) in [7, 11) is 0. The summed E-state index contributed by atoms with van der Waals surface area (Å²) in [4.78, 5) is 17.1. The third-order valence-electron chi connectivity index (χ3n) is 5.26. The van der Waals surface area contributed by atoms with Gasteiger partial charge in [0, 0.05) is 23.0 Å². The molecule has 1 aliphatic carbocycles. The molecule has 1 fully saturated rings. The van der Waals surface area contributed by atoms with E-state index in [1.165, 1.54) is 10.1 Å². The number of pyridine rings is 1. The number of fused-ring (bicyclic) bond motifs is 1. The number of aromatic nitrogens is 1. The lowest BCUT2D eigenvalue weighted by Crippen LogP contribution is -2.38. The van der Waals surface area contributed by atoms with Crippen LogP contribution in [0.4, 0.5) is 0 Å². The average Bonchev–Trinajstić information content (AvgIpc) is 3.23. The molecule has 146 valence electrons. The lowest BCUT2D eigenvalue weighted by molar-refractivity contribution is -0.128. The number of hydrogen-bond donors (Lipinski definition) is 1. The van der Waals surface area contributed by atoms with Gasteiger partial charge in [-0.2, -0.15) is 0 Å². The second kappa shape index (κ2) is 8.10. The predicted molar refractivity (Wildman–Crippen MR) is 114 cm³/mol. The van der Waals surface area contributed by atoms with Gasteiger partial charge in [-0.25, -0.2) is 4.98 Å². The Kier molecular flexibility index (Phi) is 5.56. The van der Waals surface area contributed by atoms with Crippen LogP contribution in [-0.4, -0.2) is 17.0 Å². The van der Waals surface area contributed by atoms with Gasteiger partial charge in [-0.15, -0.1) is 11.3 Å². The largest absolute Gasteiger partial charge is 0.464 e. The van der Waals surface area contributed by atoms with Crippen molar-refractivity contribution in [3.8, 4) is 5.88 Å². The molecule has 6 heteroatoms. The second-order valence-corrected chi connectivity index (χ2v) is 8.78. The van der Waals surface area contributed by atoms with E-state index in [1.807, 2.05) is 19.1 Å². The number of thiophene rings is 1. The molecule has 2 heterocycles. The molecule has 1 amide bonds. The molecule has 1 aromatic carbocycles. The summed E-state index contributed by atoms with van der Waals surface area (Å²) in [6.45, 7) is 4.62. The van der Waals surface area contributed by atoms with Crippen LogP contribution in [0.2, 0.25) is 5.02 Å². The third kappa shape index (κ3) is 4.15. The van der Waals surface area contributed by atoms with Crippen LogP contribution in [0.25, 0.3) is 10.1 Å². The van der Waals surface area contributed by atoms with Crippen molar-refractivity contribution < 1.29 is 9.53 Å². The molecular formula is C22H23ClN2O2S. The van der Waals surface area contributed by atoms with Gasteiger partial charge in [0.05, 0.1) is 5.02 Å². The van der Waals surface area contributed by atoms with Gasteiger partial charge in [-0.3, -0.25) is 4.79 Å². The van der Waals surface area contributed by atoms with Crippen LogP contribution in [-0.2, 0) is 11.3 Å². The Hall–Kier alpha value is -2.11. The fourth-order valence-electron chi connectivity index (χ4n) is 3.45. The molecule has 1 N–H and O–H groups in total. The van der Waals surface area contributed by atoms with Crippen LogP contribution in [0.5, 0.6) is 5.88 Å². The van der Waals surface area contributed by atoms with Gasteiger partial charge >= 0.3 is 0 Å². The first-order valence-corrected chi connectivity index (χ1v) is 10.9. The highest BCUT2D eigenvalue weighted by Gasteiger charge is 2.37. The molecule has 2 aromatic heterocycles. The molecule has 28 heavy (non-hydrogen) atoms. The summed E-state index contributed by atoms with van der Waals surface area (Å²) in [6.07, 6.45) is 2.67. The first-order valence-electron chi connectivity index (χ1n) is 9.61. The van der Waals surface area contributed by atoms with E-state index in [2.05, 4.69) is 40.8 Å². The summed E-state index contributed by atoms with van der Waals surface area (Å²) < 4.78 is 7.28. The standard InChI is InChI=1S/C22H23ClN2O2S/c1-3-19(27-22-18(17-8-13(17)2)10-16(23)12-25-22)21(26)24-11-14-4-5-20-15(9-14)6-7-28-20/h4-7,9-10,12-13,17,19H,3,8,11H2,1-2H3,(H,24,26). The van der Waals surface area contributed by atoms with Crippen molar-refractivity contribution in [1.29, 1.82) is 0 Å². The Morgan fingerprint density at radius 3 is 2.96 bits per heavy atom. The Bertz CT molecular complexity index is 1000. The Balaban J connectivity index is 1.43. The Labute approximate surface area is 173 Å². The minimum absolute atomic E-state index is 0.125. The van der Waals surface area contributed by atoms with E-state index < -0.39 is 6.10 Å². The molecule has 0 radical (unpaired) electrons.